The van der Waals surface area contributed by atoms with Gasteiger partial charge in [0.2, 0.25) is 0 Å². The molecule has 1 heterocycles. The molecular weight excluding hydrogens is 426 g/mol. The van der Waals surface area contributed by atoms with E-state index in [4.69, 9.17) is 14.5 Å². The minimum Gasteiger partial charge on any atom is -0.494 e. The van der Waals surface area contributed by atoms with Gasteiger partial charge in [-0.05, 0) is 55.3 Å². The van der Waals surface area contributed by atoms with E-state index >= 15 is 0 Å². The van der Waals surface area contributed by atoms with E-state index in [0.717, 1.165) is 53.6 Å². The maximum Gasteiger partial charge on any atom is 0.124 e. The monoisotopic (exact) mass is 467 g/mol. The van der Waals surface area contributed by atoms with Gasteiger partial charge >= 0.3 is 0 Å². The summed E-state index contributed by atoms with van der Waals surface area (Å²) in [5, 5.41) is 1.04. The molecule has 1 aromatic heterocycles. The first kappa shape index (κ1) is 25.6. The van der Waals surface area contributed by atoms with Crippen molar-refractivity contribution in [3.63, 3.8) is 0 Å². The van der Waals surface area contributed by atoms with Crippen molar-refractivity contribution in [2.75, 3.05) is 13.2 Å². The Morgan fingerprint density at radius 3 is 1.82 bits per heavy atom. The van der Waals surface area contributed by atoms with Crippen LogP contribution in [0.4, 0.5) is 0 Å². The van der Waals surface area contributed by atoms with Crippen LogP contribution in [0.5, 0.6) is 11.5 Å². The Morgan fingerprint density at radius 1 is 0.636 bits per heavy atom. The van der Waals surface area contributed by atoms with Gasteiger partial charge in [0.1, 0.15) is 16.5 Å². The van der Waals surface area contributed by atoms with E-state index in [9.17, 15) is 0 Å². The van der Waals surface area contributed by atoms with Crippen LogP contribution in [0.2, 0.25) is 0 Å². The van der Waals surface area contributed by atoms with E-state index in [1.54, 1.807) is 11.3 Å². The van der Waals surface area contributed by atoms with Crippen LogP contribution in [-0.4, -0.2) is 18.2 Å². The maximum absolute atomic E-state index is 5.99. The average Bonchev–Trinajstić information content (AvgIpc) is 3.27. The molecule has 0 bridgehead atoms. The van der Waals surface area contributed by atoms with Gasteiger partial charge in [-0.25, -0.2) is 4.98 Å². The highest BCUT2D eigenvalue weighted by molar-refractivity contribution is 7.21. The molecule has 2 aromatic carbocycles. The van der Waals surface area contributed by atoms with Gasteiger partial charge in [0.05, 0.1) is 23.4 Å². The van der Waals surface area contributed by atoms with Gasteiger partial charge in [0, 0.05) is 5.56 Å². The largest absolute Gasteiger partial charge is 0.494 e. The first-order valence-corrected chi connectivity index (χ1v) is 13.9. The van der Waals surface area contributed by atoms with E-state index in [0.29, 0.717) is 0 Å². The van der Waals surface area contributed by atoms with Gasteiger partial charge in [-0.1, -0.05) is 78.1 Å². The second-order valence-corrected chi connectivity index (χ2v) is 9.94. The second kappa shape index (κ2) is 15.0. The lowest BCUT2D eigenvalue weighted by Crippen LogP contribution is -1.97. The predicted octanol–water partition coefficient (Wildman–Crippen LogP) is 9.44. The van der Waals surface area contributed by atoms with E-state index in [1.807, 2.05) is 6.07 Å². The highest BCUT2D eigenvalue weighted by Crippen LogP contribution is 2.33. The number of aromatic nitrogens is 1. The van der Waals surface area contributed by atoms with Gasteiger partial charge in [0.15, 0.2) is 0 Å². The average molecular weight is 468 g/mol. The van der Waals surface area contributed by atoms with Gasteiger partial charge in [-0.3, -0.25) is 0 Å². The Bertz CT molecular complexity index is 919. The summed E-state index contributed by atoms with van der Waals surface area (Å²) in [5.41, 5.74) is 2.17. The smallest absolute Gasteiger partial charge is 0.124 e. The van der Waals surface area contributed by atoms with Crippen molar-refractivity contribution < 1.29 is 9.47 Å². The number of hydrogen-bond acceptors (Lipinski definition) is 4. The van der Waals surface area contributed by atoms with Gasteiger partial charge in [-0.15, -0.1) is 11.3 Å². The molecule has 0 unspecified atom stereocenters. The Labute approximate surface area is 204 Å². The van der Waals surface area contributed by atoms with E-state index in [2.05, 4.69) is 50.2 Å². The number of benzene rings is 2. The molecular formula is C29H41NO2S. The van der Waals surface area contributed by atoms with Crippen LogP contribution >= 0.6 is 11.3 Å². The summed E-state index contributed by atoms with van der Waals surface area (Å²) in [4.78, 5) is 4.83. The Hall–Kier alpha value is -2.07. The van der Waals surface area contributed by atoms with Crippen molar-refractivity contribution in [1.82, 2.24) is 4.98 Å². The fourth-order valence-corrected chi connectivity index (χ4v) is 4.96. The fraction of sp³-hybridized carbons (Fsp3) is 0.552. The number of fused-ring (bicyclic) bond motifs is 1. The lowest BCUT2D eigenvalue weighted by Gasteiger charge is -2.06. The van der Waals surface area contributed by atoms with Crippen LogP contribution < -0.4 is 9.47 Å². The number of hydrogen-bond donors (Lipinski definition) is 0. The van der Waals surface area contributed by atoms with Gasteiger partial charge in [-0.2, -0.15) is 0 Å². The molecule has 0 N–H and O–H groups in total. The minimum atomic E-state index is 0.795. The molecule has 0 aliphatic carbocycles. The number of ether oxygens (including phenoxy) is 2. The van der Waals surface area contributed by atoms with Crippen molar-refractivity contribution in [2.24, 2.45) is 0 Å². The van der Waals surface area contributed by atoms with Gasteiger partial charge < -0.3 is 9.47 Å². The summed E-state index contributed by atoms with van der Waals surface area (Å²) in [7, 11) is 0. The number of thiazole rings is 1. The summed E-state index contributed by atoms with van der Waals surface area (Å²) in [6.45, 7) is 6.11. The topological polar surface area (TPSA) is 31.4 Å². The molecule has 3 rings (SSSR count). The Kier molecular flexibility index (Phi) is 11.6. The van der Waals surface area contributed by atoms with Crippen LogP contribution in [0.25, 0.3) is 20.8 Å². The quantitative estimate of drug-likeness (QED) is 0.185. The first-order valence-electron chi connectivity index (χ1n) is 13.1. The SMILES string of the molecule is CCCCCCCCOc1ccc(-c2nc3ccc(OCCCCCCCC)cc3s2)cc1. The standard InChI is InChI=1S/C29H41NO2S/c1-3-5-7-9-11-13-21-31-25-17-15-24(16-18-25)29-30-27-20-19-26(23-28(27)33-29)32-22-14-12-10-8-6-4-2/h15-20,23H,3-14,21-22H2,1-2H3. The summed E-state index contributed by atoms with van der Waals surface area (Å²) < 4.78 is 13.1. The molecule has 0 fully saturated rings. The molecule has 180 valence electrons. The molecule has 0 aliphatic heterocycles. The van der Waals surface area contributed by atoms with Crippen LogP contribution in [-0.2, 0) is 0 Å². The molecule has 0 aliphatic rings. The van der Waals surface area contributed by atoms with E-state index < -0.39 is 0 Å². The lowest BCUT2D eigenvalue weighted by atomic mass is 10.1. The summed E-state index contributed by atoms with van der Waals surface area (Å²) in [6, 6.07) is 14.6. The third kappa shape index (κ3) is 9.00. The Morgan fingerprint density at radius 2 is 1.18 bits per heavy atom. The number of unbranched alkanes of at least 4 members (excludes halogenated alkanes) is 10. The Balaban J connectivity index is 1.45. The summed E-state index contributed by atoms with van der Waals surface area (Å²) in [6.07, 6.45) is 15.4. The van der Waals surface area contributed by atoms with Crippen LogP contribution in [0.3, 0.4) is 0 Å². The highest BCUT2D eigenvalue weighted by atomic mass is 32.1. The van der Waals surface area contributed by atoms with Crippen molar-refractivity contribution in [3.8, 4) is 22.1 Å². The fourth-order valence-electron chi connectivity index (χ4n) is 3.96. The molecule has 33 heavy (non-hydrogen) atoms. The number of nitrogens with zero attached hydrogens (tertiary/aromatic N) is 1. The lowest BCUT2D eigenvalue weighted by molar-refractivity contribution is 0.304. The predicted molar refractivity (Wildman–Crippen MR) is 143 cm³/mol. The molecule has 3 aromatic rings. The maximum atomic E-state index is 5.99. The molecule has 0 amide bonds. The van der Waals surface area contributed by atoms with E-state index in [-0.39, 0.29) is 0 Å². The van der Waals surface area contributed by atoms with E-state index in [1.165, 1.54) is 68.9 Å². The molecule has 4 heteroatoms. The van der Waals surface area contributed by atoms with Crippen molar-refractivity contribution in [3.05, 3.63) is 42.5 Å². The third-order valence-electron chi connectivity index (χ3n) is 5.99. The molecule has 0 saturated heterocycles. The zero-order chi connectivity index (χ0) is 23.1. The van der Waals surface area contributed by atoms with Crippen LogP contribution in [0.1, 0.15) is 90.9 Å². The first-order chi connectivity index (χ1) is 16.3. The van der Waals surface area contributed by atoms with Crippen LogP contribution in [0.15, 0.2) is 42.5 Å². The van der Waals surface area contributed by atoms with Crippen LogP contribution in [0, 0.1) is 0 Å². The summed E-state index contributed by atoms with van der Waals surface area (Å²) in [5.74, 6) is 1.89. The molecule has 0 atom stereocenters. The van der Waals surface area contributed by atoms with Crippen molar-refractivity contribution in [1.29, 1.82) is 0 Å². The zero-order valence-electron chi connectivity index (χ0n) is 20.6. The van der Waals surface area contributed by atoms with Crippen molar-refractivity contribution >= 4 is 21.6 Å². The normalized spacial score (nSPS) is 11.2. The zero-order valence-corrected chi connectivity index (χ0v) is 21.4. The molecule has 0 saturated carbocycles. The number of rotatable bonds is 17. The molecule has 0 radical (unpaired) electrons. The third-order valence-corrected chi connectivity index (χ3v) is 7.06. The second-order valence-electron chi connectivity index (χ2n) is 8.91. The summed E-state index contributed by atoms with van der Waals surface area (Å²) >= 11 is 1.72. The minimum absolute atomic E-state index is 0.795. The highest BCUT2D eigenvalue weighted by Gasteiger charge is 2.08. The van der Waals surface area contributed by atoms with Gasteiger partial charge in [0.25, 0.3) is 0 Å². The van der Waals surface area contributed by atoms with Crippen molar-refractivity contribution in [2.45, 2.75) is 90.9 Å². The molecule has 3 nitrogen and oxygen atoms in total. The molecule has 0 spiro atoms.